The van der Waals surface area contributed by atoms with Crippen molar-refractivity contribution in [3.63, 3.8) is 0 Å². The van der Waals surface area contributed by atoms with Gasteiger partial charge < -0.3 is 9.64 Å². The first-order valence-electron chi connectivity index (χ1n) is 12.1. The van der Waals surface area contributed by atoms with E-state index in [1.165, 1.54) is 12.6 Å². The molecule has 9 heteroatoms. The van der Waals surface area contributed by atoms with Crippen LogP contribution in [0.5, 0.6) is 0 Å². The number of hydrogen-bond donors (Lipinski definition) is 0. The van der Waals surface area contributed by atoms with E-state index in [4.69, 9.17) is 4.74 Å². The fourth-order valence-electron chi connectivity index (χ4n) is 5.11. The summed E-state index contributed by atoms with van der Waals surface area (Å²) in [6.45, 7) is 12.1. The number of carbonyl (C=O) groups is 1. The van der Waals surface area contributed by atoms with Gasteiger partial charge in [0.2, 0.25) is 10.0 Å². The minimum atomic E-state index is -3.61. The molecule has 3 aliphatic rings. The standard InChI is InChI=1S/C24H38N4O4S/c1-23(2,3)8-12-26-13-9-24(10-14-26)7-4-11-27(19-24)33(30,31)20-5-6-21(25-17-20)28-15-16-32-18-22(28)29/h5-6,17H,4,7-16,18-19H2,1-3H3. The molecule has 4 rings (SSSR count). The number of rotatable bonds is 5. The molecule has 8 nitrogen and oxygen atoms in total. The van der Waals surface area contributed by atoms with Gasteiger partial charge >= 0.3 is 0 Å². The molecule has 0 radical (unpaired) electrons. The largest absolute Gasteiger partial charge is 0.370 e. The number of nitrogens with zero attached hydrogens (tertiary/aromatic N) is 4. The van der Waals surface area contributed by atoms with E-state index in [1.807, 2.05) is 0 Å². The number of pyridine rings is 1. The summed E-state index contributed by atoms with van der Waals surface area (Å²) in [5.41, 5.74) is 0.417. The average Bonchev–Trinajstić information content (AvgIpc) is 2.79. The molecule has 1 aromatic heterocycles. The number of aromatic nitrogens is 1. The second kappa shape index (κ2) is 9.60. The topological polar surface area (TPSA) is 83.0 Å². The maximum atomic E-state index is 13.4. The molecular weight excluding hydrogens is 440 g/mol. The molecule has 0 unspecified atom stereocenters. The minimum absolute atomic E-state index is 0.0330. The molecule has 3 saturated heterocycles. The molecule has 33 heavy (non-hydrogen) atoms. The van der Waals surface area contributed by atoms with E-state index in [0.717, 1.165) is 45.3 Å². The first-order valence-corrected chi connectivity index (χ1v) is 13.6. The van der Waals surface area contributed by atoms with Gasteiger partial charge in [-0.25, -0.2) is 13.4 Å². The molecule has 3 aliphatic heterocycles. The van der Waals surface area contributed by atoms with Crippen LogP contribution in [0.2, 0.25) is 0 Å². The zero-order valence-corrected chi connectivity index (χ0v) is 21.1. The van der Waals surface area contributed by atoms with Crippen LogP contribution in [0.3, 0.4) is 0 Å². The molecular formula is C24H38N4O4S. The second-order valence-electron chi connectivity index (χ2n) is 11.0. The summed E-state index contributed by atoms with van der Waals surface area (Å²) in [5.74, 6) is 0.316. The average molecular weight is 479 g/mol. The third-order valence-electron chi connectivity index (χ3n) is 7.34. The number of likely N-dealkylation sites (tertiary alicyclic amines) is 1. The number of piperidine rings is 2. The Hall–Kier alpha value is -1.55. The van der Waals surface area contributed by atoms with Crippen molar-refractivity contribution in [1.29, 1.82) is 0 Å². The summed E-state index contributed by atoms with van der Waals surface area (Å²) >= 11 is 0. The van der Waals surface area contributed by atoms with Crippen LogP contribution >= 0.6 is 0 Å². The Balaban J connectivity index is 1.40. The van der Waals surface area contributed by atoms with E-state index in [1.54, 1.807) is 21.3 Å². The van der Waals surface area contributed by atoms with Crippen molar-refractivity contribution < 1.29 is 17.9 Å². The van der Waals surface area contributed by atoms with Crippen LogP contribution in [0, 0.1) is 10.8 Å². The zero-order chi connectivity index (χ0) is 23.7. The molecule has 3 fully saturated rings. The van der Waals surface area contributed by atoms with Crippen LogP contribution in [-0.4, -0.2) is 81.0 Å². The van der Waals surface area contributed by atoms with Crippen molar-refractivity contribution in [2.75, 3.05) is 57.4 Å². The van der Waals surface area contributed by atoms with Crippen molar-refractivity contribution in [2.45, 2.75) is 57.8 Å². The smallest absolute Gasteiger partial charge is 0.254 e. The Kier molecular flexibility index (Phi) is 7.15. The van der Waals surface area contributed by atoms with E-state index in [-0.39, 0.29) is 22.8 Å². The zero-order valence-electron chi connectivity index (χ0n) is 20.3. The van der Waals surface area contributed by atoms with Crippen LogP contribution in [-0.2, 0) is 19.6 Å². The minimum Gasteiger partial charge on any atom is -0.370 e. The molecule has 1 amide bonds. The number of amides is 1. The third kappa shape index (κ3) is 5.75. The Morgan fingerprint density at radius 3 is 2.48 bits per heavy atom. The highest BCUT2D eigenvalue weighted by molar-refractivity contribution is 7.89. The first-order chi connectivity index (χ1) is 15.6. The highest BCUT2D eigenvalue weighted by Gasteiger charge is 2.42. The summed E-state index contributed by atoms with van der Waals surface area (Å²) < 4.78 is 33.7. The van der Waals surface area contributed by atoms with E-state index < -0.39 is 10.0 Å². The quantitative estimate of drug-likeness (QED) is 0.647. The molecule has 0 bridgehead atoms. The fraction of sp³-hybridized carbons (Fsp3) is 0.750. The van der Waals surface area contributed by atoms with E-state index in [0.29, 0.717) is 37.5 Å². The van der Waals surface area contributed by atoms with Gasteiger partial charge in [-0.1, -0.05) is 20.8 Å². The molecule has 184 valence electrons. The summed E-state index contributed by atoms with van der Waals surface area (Å²) in [4.78, 5) is 20.6. The van der Waals surface area contributed by atoms with Gasteiger partial charge in [-0.15, -0.1) is 0 Å². The fourth-order valence-corrected chi connectivity index (χ4v) is 6.65. The normalized spacial score (nSPS) is 23.2. The second-order valence-corrected chi connectivity index (χ2v) is 13.0. The van der Waals surface area contributed by atoms with Gasteiger partial charge in [0.1, 0.15) is 17.3 Å². The molecule has 1 spiro atoms. The number of anilines is 1. The van der Waals surface area contributed by atoms with Gasteiger partial charge in [0, 0.05) is 19.3 Å². The molecule has 0 aromatic carbocycles. The Morgan fingerprint density at radius 2 is 1.85 bits per heavy atom. The molecule has 0 aliphatic carbocycles. The van der Waals surface area contributed by atoms with Crippen LogP contribution in [0.15, 0.2) is 23.2 Å². The van der Waals surface area contributed by atoms with Gasteiger partial charge in [0.05, 0.1) is 13.2 Å². The monoisotopic (exact) mass is 478 g/mol. The lowest BCUT2D eigenvalue weighted by Gasteiger charge is -2.47. The lowest BCUT2D eigenvalue weighted by atomic mass is 9.73. The Morgan fingerprint density at radius 1 is 1.09 bits per heavy atom. The van der Waals surface area contributed by atoms with E-state index in [2.05, 4.69) is 30.7 Å². The number of ether oxygens (including phenoxy) is 1. The highest BCUT2D eigenvalue weighted by atomic mass is 32.2. The van der Waals surface area contributed by atoms with Crippen molar-refractivity contribution in [3.8, 4) is 0 Å². The number of hydrogen-bond acceptors (Lipinski definition) is 6. The predicted octanol–water partition coefficient (Wildman–Crippen LogP) is 2.75. The first kappa shape index (κ1) is 24.6. The van der Waals surface area contributed by atoms with Crippen molar-refractivity contribution in [2.24, 2.45) is 10.8 Å². The summed E-state index contributed by atoms with van der Waals surface area (Å²) in [6.07, 6.45) is 6.68. The van der Waals surface area contributed by atoms with Gasteiger partial charge in [-0.05, 0) is 74.7 Å². The van der Waals surface area contributed by atoms with Gasteiger partial charge in [0.25, 0.3) is 5.91 Å². The SMILES string of the molecule is CC(C)(C)CCN1CCC2(CCCN(S(=O)(=O)c3ccc(N4CCOCC4=O)nc3)C2)CC1. The highest BCUT2D eigenvalue weighted by Crippen LogP contribution is 2.41. The summed E-state index contributed by atoms with van der Waals surface area (Å²) in [5, 5.41) is 0. The summed E-state index contributed by atoms with van der Waals surface area (Å²) in [6, 6.07) is 3.21. The predicted molar refractivity (Wildman–Crippen MR) is 128 cm³/mol. The van der Waals surface area contributed by atoms with Crippen LogP contribution in [0.1, 0.15) is 52.9 Å². The van der Waals surface area contributed by atoms with Crippen LogP contribution in [0.25, 0.3) is 0 Å². The van der Waals surface area contributed by atoms with Gasteiger partial charge in [-0.2, -0.15) is 4.31 Å². The Bertz CT molecular complexity index is 934. The van der Waals surface area contributed by atoms with Crippen molar-refractivity contribution in [3.05, 3.63) is 18.3 Å². The maximum absolute atomic E-state index is 13.4. The number of morpholine rings is 1. The van der Waals surface area contributed by atoms with Crippen LogP contribution in [0.4, 0.5) is 5.82 Å². The van der Waals surface area contributed by atoms with E-state index >= 15 is 0 Å². The number of sulfonamides is 1. The van der Waals surface area contributed by atoms with Crippen LogP contribution < -0.4 is 4.90 Å². The summed E-state index contributed by atoms with van der Waals surface area (Å²) in [7, 11) is -3.61. The molecule has 0 N–H and O–H groups in total. The van der Waals surface area contributed by atoms with Crippen molar-refractivity contribution >= 4 is 21.7 Å². The molecule has 0 atom stereocenters. The van der Waals surface area contributed by atoms with Crippen molar-refractivity contribution in [1.82, 2.24) is 14.2 Å². The van der Waals surface area contributed by atoms with Gasteiger partial charge in [-0.3, -0.25) is 9.69 Å². The van der Waals surface area contributed by atoms with Gasteiger partial charge in [0.15, 0.2) is 0 Å². The Labute approximate surface area is 198 Å². The molecule has 1 aromatic rings. The number of carbonyl (C=O) groups excluding carboxylic acids is 1. The molecule has 4 heterocycles. The lowest BCUT2D eigenvalue weighted by Crippen LogP contribution is -2.51. The maximum Gasteiger partial charge on any atom is 0.254 e. The molecule has 0 saturated carbocycles. The third-order valence-corrected chi connectivity index (χ3v) is 9.17. The van der Waals surface area contributed by atoms with E-state index in [9.17, 15) is 13.2 Å². The lowest BCUT2D eigenvalue weighted by molar-refractivity contribution is -0.125.